The summed E-state index contributed by atoms with van der Waals surface area (Å²) in [5.74, 6) is -0.852. The Hall–Kier alpha value is -1.11. The van der Waals surface area contributed by atoms with Crippen molar-refractivity contribution in [2.24, 2.45) is 5.41 Å². The summed E-state index contributed by atoms with van der Waals surface area (Å²) in [7, 11) is -3.37. The van der Waals surface area contributed by atoms with Crippen molar-refractivity contribution in [2.45, 2.75) is 18.2 Å². The first-order valence-electron chi connectivity index (χ1n) is 6.67. The highest BCUT2D eigenvalue weighted by molar-refractivity contribution is 7.91. The van der Waals surface area contributed by atoms with Gasteiger partial charge in [-0.1, -0.05) is 11.6 Å². The molecule has 0 spiro atoms. The number of hydrogen-bond donors (Lipinski definition) is 1. The van der Waals surface area contributed by atoms with Crippen LogP contribution in [0.4, 0.5) is 0 Å². The summed E-state index contributed by atoms with van der Waals surface area (Å²) in [4.78, 5) is 13.3. The quantitative estimate of drug-likeness (QED) is 0.892. The molecule has 1 fully saturated rings. The molecule has 1 unspecified atom stereocenters. The number of halogens is 1. The summed E-state index contributed by atoms with van der Waals surface area (Å²) < 4.78 is 24.4. The zero-order valence-corrected chi connectivity index (χ0v) is 13.3. The molecule has 0 amide bonds. The molecule has 1 saturated heterocycles. The summed E-state index contributed by atoms with van der Waals surface area (Å²) in [5, 5.41) is 9.66. The molecule has 1 aromatic carbocycles. The van der Waals surface area contributed by atoms with Crippen molar-refractivity contribution in [3.05, 3.63) is 29.3 Å². The number of carboxylic acid groups (broad SMARTS) is 1. The number of aliphatic carboxylic acids is 1. The van der Waals surface area contributed by atoms with E-state index in [2.05, 4.69) is 0 Å². The summed E-state index contributed by atoms with van der Waals surface area (Å²) >= 11 is 5.74. The van der Waals surface area contributed by atoms with Gasteiger partial charge in [0.1, 0.15) is 0 Å². The van der Waals surface area contributed by atoms with E-state index in [0.717, 1.165) is 0 Å². The number of hydrogen-bond acceptors (Lipinski definition) is 4. The van der Waals surface area contributed by atoms with Crippen LogP contribution in [0.2, 0.25) is 5.02 Å². The van der Waals surface area contributed by atoms with E-state index in [1.165, 1.54) is 12.1 Å². The minimum absolute atomic E-state index is 0.0235. The molecule has 0 aliphatic carbocycles. The molecule has 1 aliphatic heterocycles. The Morgan fingerprint density at radius 2 is 2.00 bits per heavy atom. The van der Waals surface area contributed by atoms with Crippen LogP contribution in [-0.2, 0) is 14.6 Å². The topological polar surface area (TPSA) is 74.7 Å². The molecule has 1 atom stereocenters. The third-order valence-electron chi connectivity index (χ3n) is 3.92. The zero-order valence-electron chi connectivity index (χ0n) is 11.8. The van der Waals surface area contributed by atoms with Gasteiger partial charge in [0, 0.05) is 18.1 Å². The maximum absolute atomic E-state index is 12.2. The molecule has 7 heteroatoms. The van der Waals surface area contributed by atoms with Gasteiger partial charge in [-0.3, -0.25) is 4.79 Å². The molecule has 0 saturated carbocycles. The van der Waals surface area contributed by atoms with Crippen molar-refractivity contribution in [1.82, 2.24) is 4.90 Å². The smallest absolute Gasteiger partial charge is 0.310 e. The average Bonchev–Trinajstić information content (AvgIpc) is 2.81. The number of nitrogens with zero attached hydrogens (tertiary/aromatic N) is 1. The lowest BCUT2D eigenvalue weighted by Crippen LogP contribution is -2.33. The van der Waals surface area contributed by atoms with Crippen molar-refractivity contribution in [2.75, 3.05) is 25.4 Å². The summed E-state index contributed by atoms with van der Waals surface area (Å²) in [5.41, 5.74) is -0.774. The third-order valence-corrected chi connectivity index (χ3v) is 5.88. The van der Waals surface area contributed by atoms with Crippen LogP contribution in [0.15, 0.2) is 29.2 Å². The summed E-state index contributed by atoms with van der Waals surface area (Å²) in [6.45, 7) is 3.04. The minimum Gasteiger partial charge on any atom is -0.481 e. The highest BCUT2D eigenvalue weighted by atomic mass is 35.5. The van der Waals surface area contributed by atoms with Crippen molar-refractivity contribution < 1.29 is 18.3 Å². The van der Waals surface area contributed by atoms with E-state index >= 15 is 0 Å². The Kier molecular flexibility index (Phi) is 4.60. The predicted octanol–water partition coefficient (Wildman–Crippen LogP) is 1.91. The van der Waals surface area contributed by atoms with E-state index in [1.807, 2.05) is 4.90 Å². The van der Waals surface area contributed by atoms with Crippen LogP contribution in [0, 0.1) is 5.41 Å². The number of rotatable bonds is 5. The molecule has 1 aromatic rings. The fraction of sp³-hybridized carbons (Fsp3) is 0.500. The van der Waals surface area contributed by atoms with Gasteiger partial charge in [0.25, 0.3) is 0 Å². The van der Waals surface area contributed by atoms with E-state index in [-0.39, 0.29) is 10.6 Å². The van der Waals surface area contributed by atoms with Crippen LogP contribution >= 0.6 is 11.6 Å². The molecule has 0 bridgehead atoms. The van der Waals surface area contributed by atoms with E-state index in [0.29, 0.717) is 31.1 Å². The standard InChI is InChI=1S/C14H18ClNO4S/c1-14(13(17)18)6-7-16(10-14)8-9-21(19,20)12-4-2-11(15)3-5-12/h2-5H,6-10H2,1H3,(H,17,18). The van der Waals surface area contributed by atoms with E-state index < -0.39 is 21.2 Å². The molecule has 1 N–H and O–H groups in total. The lowest BCUT2D eigenvalue weighted by molar-refractivity contribution is -0.147. The highest BCUT2D eigenvalue weighted by Crippen LogP contribution is 2.30. The fourth-order valence-electron chi connectivity index (χ4n) is 2.43. The van der Waals surface area contributed by atoms with Gasteiger partial charge in [0.05, 0.1) is 16.1 Å². The molecular formula is C14H18ClNO4S. The van der Waals surface area contributed by atoms with Crippen molar-refractivity contribution in [3.63, 3.8) is 0 Å². The van der Waals surface area contributed by atoms with Crippen LogP contribution in [-0.4, -0.2) is 49.8 Å². The predicted molar refractivity (Wildman–Crippen MR) is 80.3 cm³/mol. The Morgan fingerprint density at radius 1 is 1.38 bits per heavy atom. The first kappa shape index (κ1) is 16.3. The second-order valence-corrected chi connectivity index (χ2v) is 8.21. The number of sulfone groups is 1. The minimum atomic E-state index is -3.37. The molecule has 1 aliphatic rings. The molecule has 2 rings (SSSR count). The van der Waals surface area contributed by atoms with E-state index in [4.69, 9.17) is 16.7 Å². The Balaban J connectivity index is 1.97. The van der Waals surface area contributed by atoms with Crippen LogP contribution in [0.3, 0.4) is 0 Å². The summed E-state index contributed by atoms with van der Waals surface area (Å²) in [6, 6.07) is 6.07. The first-order chi connectivity index (χ1) is 9.73. The SMILES string of the molecule is CC1(C(=O)O)CCN(CCS(=O)(=O)c2ccc(Cl)cc2)C1. The fourth-order valence-corrected chi connectivity index (χ4v) is 3.84. The lowest BCUT2D eigenvalue weighted by Gasteiger charge is -2.19. The largest absolute Gasteiger partial charge is 0.481 e. The first-order valence-corrected chi connectivity index (χ1v) is 8.70. The Morgan fingerprint density at radius 3 is 2.52 bits per heavy atom. The maximum Gasteiger partial charge on any atom is 0.310 e. The average molecular weight is 332 g/mol. The van der Waals surface area contributed by atoms with Gasteiger partial charge in [0.15, 0.2) is 9.84 Å². The number of carbonyl (C=O) groups is 1. The van der Waals surface area contributed by atoms with Gasteiger partial charge < -0.3 is 10.0 Å². The molecule has 5 nitrogen and oxygen atoms in total. The highest BCUT2D eigenvalue weighted by Gasteiger charge is 2.40. The monoisotopic (exact) mass is 331 g/mol. The summed E-state index contributed by atoms with van der Waals surface area (Å²) in [6.07, 6.45) is 0.545. The Labute approximate surface area is 129 Å². The van der Waals surface area contributed by atoms with E-state index in [9.17, 15) is 13.2 Å². The van der Waals surface area contributed by atoms with Crippen LogP contribution in [0.25, 0.3) is 0 Å². The normalized spacial score (nSPS) is 23.3. The van der Waals surface area contributed by atoms with Gasteiger partial charge in [0.2, 0.25) is 0 Å². The van der Waals surface area contributed by atoms with Gasteiger partial charge >= 0.3 is 5.97 Å². The van der Waals surface area contributed by atoms with Crippen molar-refractivity contribution >= 4 is 27.4 Å². The number of carboxylic acids is 1. The van der Waals surface area contributed by atoms with Crippen molar-refractivity contribution in [1.29, 1.82) is 0 Å². The van der Waals surface area contributed by atoms with Gasteiger partial charge in [-0.05, 0) is 44.2 Å². The zero-order chi connectivity index (χ0) is 15.7. The van der Waals surface area contributed by atoms with Crippen LogP contribution in [0.5, 0.6) is 0 Å². The molecule has 116 valence electrons. The number of benzene rings is 1. The molecule has 0 radical (unpaired) electrons. The molecule has 0 aromatic heterocycles. The number of likely N-dealkylation sites (tertiary alicyclic amines) is 1. The van der Waals surface area contributed by atoms with E-state index in [1.54, 1.807) is 19.1 Å². The molecule has 21 heavy (non-hydrogen) atoms. The van der Waals surface area contributed by atoms with Gasteiger partial charge in [-0.2, -0.15) is 0 Å². The Bertz CT molecular complexity index is 629. The van der Waals surface area contributed by atoms with Gasteiger partial charge in [-0.25, -0.2) is 8.42 Å². The molecule has 1 heterocycles. The maximum atomic E-state index is 12.2. The lowest BCUT2D eigenvalue weighted by atomic mass is 9.90. The second kappa shape index (κ2) is 5.94. The third kappa shape index (κ3) is 3.75. The molecular weight excluding hydrogens is 314 g/mol. The van der Waals surface area contributed by atoms with Crippen molar-refractivity contribution in [3.8, 4) is 0 Å². The van der Waals surface area contributed by atoms with Crippen LogP contribution in [0.1, 0.15) is 13.3 Å². The van der Waals surface area contributed by atoms with Gasteiger partial charge in [-0.15, -0.1) is 0 Å². The second-order valence-electron chi connectivity index (χ2n) is 5.66. The van der Waals surface area contributed by atoms with Crippen LogP contribution < -0.4 is 0 Å².